The molecule has 0 unspecified atom stereocenters. The van der Waals surface area contributed by atoms with Gasteiger partial charge in [0.15, 0.2) is 6.61 Å². The highest BCUT2D eigenvalue weighted by atomic mass is 16.5. The molecule has 1 saturated heterocycles. The molecule has 0 spiro atoms. The molecule has 1 N–H and O–H groups in total. The van der Waals surface area contributed by atoms with E-state index in [9.17, 15) is 19.2 Å². The smallest absolute Gasteiger partial charge is 0.308 e. The van der Waals surface area contributed by atoms with E-state index in [0.29, 0.717) is 18.0 Å². The minimum Gasteiger partial charge on any atom is -0.494 e. The summed E-state index contributed by atoms with van der Waals surface area (Å²) in [5.74, 6) is -1.22. The van der Waals surface area contributed by atoms with Crippen LogP contribution in [-0.2, 0) is 23.9 Å². The summed E-state index contributed by atoms with van der Waals surface area (Å²) in [6.07, 6.45) is 3.27. The van der Waals surface area contributed by atoms with Gasteiger partial charge in [0, 0.05) is 12.2 Å². The fourth-order valence-electron chi connectivity index (χ4n) is 3.87. The number of fused-ring (bicyclic) bond motifs is 1. The Morgan fingerprint density at radius 1 is 1.07 bits per heavy atom. The number of rotatable bonds is 8. The van der Waals surface area contributed by atoms with Crippen LogP contribution in [0, 0.1) is 11.8 Å². The monoisotopic (exact) mass is 402 g/mol. The van der Waals surface area contributed by atoms with E-state index in [2.05, 4.69) is 5.32 Å². The van der Waals surface area contributed by atoms with Crippen molar-refractivity contribution in [3.8, 4) is 5.75 Å². The average molecular weight is 402 g/mol. The number of hydrogen-bond acceptors (Lipinski definition) is 6. The number of ether oxygens (including phenoxy) is 2. The number of carbonyl (C=O) groups is 4. The molecule has 3 rings (SSSR count). The molecule has 1 aliphatic heterocycles. The van der Waals surface area contributed by atoms with Gasteiger partial charge in [0.2, 0.25) is 11.8 Å². The van der Waals surface area contributed by atoms with E-state index in [4.69, 9.17) is 9.47 Å². The van der Waals surface area contributed by atoms with Crippen LogP contribution >= 0.6 is 0 Å². The third kappa shape index (κ3) is 5.13. The third-order valence-electron chi connectivity index (χ3n) is 5.29. The Morgan fingerprint density at radius 2 is 1.69 bits per heavy atom. The van der Waals surface area contributed by atoms with Gasteiger partial charge in [0.1, 0.15) is 5.75 Å². The summed E-state index contributed by atoms with van der Waals surface area (Å²) in [6.45, 7) is 2.01. The Hall–Kier alpha value is -2.90. The lowest BCUT2D eigenvalue weighted by Crippen LogP contribution is -2.33. The largest absolute Gasteiger partial charge is 0.494 e. The summed E-state index contributed by atoms with van der Waals surface area (Å²) in [5, 5.41) is 2.62. The Kier molecular flexibility index (Phi) is 6.85. The molecule has 8 heteroatoms. The number of esters is 1. The highest BCUT2D eigenvalue weighted by Crippen LogP contribution is 2.37. The summed E-state index contributed by atoms with van der Waals surface area (Å²) in [5.41, 5.74) is 0.561. The minimum absolute atomic E-state index is 0.00398. The Balaban J connectivity index is 1.40. The van der Waals surface area contributed by atoms with E-state index in [1.165, 1.54) is 4.90 Å². The molecule has 156 valence electrons. The van der Waals surface area contributed by atoms with Gasteiger partial charge in [-0.1, -0.05) is 12.8 Å². The van der Waals surface area contributed by atoms with E-state index < -0.39 is 18.5 Å². The van der Waals surface area contributed by atoms with Crippen molar-refractivity contribution in [1.29, 1.82) is 0 Å². The molecule has 0 radical (unpaired) electrons. The summed E-state index contributed by atoms with van der Waals surface area (Å²) in [4.78, 5) is 49.8. The molecule has 2 fully saturated rings. The maximum atomic E-state index is 12.4. The zero-order valence-corrected chi connectivity index (χ0v) is 16.5. The Morgan fingerprint density at radius 3 is 2.28 bits per heavy atom. The topological polar surface area (TPSA) is 102 Å². The molecule has 29 heavy (non-hydrogen) atoms. The lowest BCUT2D eigenvalue weighted by molar-refractivity contribution is -0.148. The van der Waals surface area contributed by atoms with Gasteiger partial charge >= 0.3 is 5.97 Å². The van der Waals surface area contributed by atoms with E-state index in [1.54, 1.807) is 24.3 Å². The Labute approximate surface area is 169 Å². The van der Waals surface area contributed by atoms with Crippen LogP contribution in [0.1, 0.15) is 39.0 Å². The quantitative estimate of drug-likeness (QED) is 0.528. The standard InChI is InChI=1S/C21H26N2O6/c1-2-28-15-9-7-14(8-10-15)22-18(24)13-29-19(25)11-12-23-20(26)16-5-3-4-6-17(16)21(23)27/h7-10,16-17H,2-6,11-13H2,1H3,(H,22,24)/t16-,17+. The van der Waals surface area contributed by atoms with Crippen molar-refractivity contribution in [3.63, 3.8) is 0 Å². The lowest BCUT2D eigenvalue weighted by Gasteiger charge is -2.19. The molecule has 1 heterocycles. The number of nitrogens with zero attached hydrogens (tertiary/aromatic N) is 1. The molecular weight excluding hydrogens is 376 g/mol. The van der Waals surface area contributed by atoms with Crippen LogP contribution in [0.3, 0.4) is 0 Å². The summed E-state index contributed by atoms with van der Waals surface area (Å²) < 4.78 is 10.3. The number of carbonyl (C=O) groups excluding carboxylic acids is 4. The first kappa shape index (κ1) is 20.8. The SMILES string of the molecule is CCOc1ccc(NC(=O)COC(=O)CCN2C(=O)[C@H]3CCCC[C@H]3C2=O)cc1. The van der Waals surface area contributed by atoms with Gasteiger partial charge in [-0.05, 0) is 44.0 Å². The molecule has 2 aliphatic rings. The molecule has 2 atom stereocenters. The van der Waals surface area contributed by atoms with Crippen molar-refractivity contribution < 1.29 is 28.7 Å². The van der Waals surface area contributed by atoms with Crippen molar-refractivity contribution >= 4 is 29.4 Å². The molecule has 0 bridgehead atoms. The van der Waals surface area contributed by atoms with Crippen LogP contribution in [0.4, 0.5) is 5.69 Å². The van der Waals surface area contributed by atoms with E-state index in [1.807, 2.05) is 6.92 Å². The average Bonchev–Trinajstić information content (AvgIpc) is 2.97. The number of nitrogens with one attached hydrogen (secondary N) is 1. The molecule has 0 aromatic heterocycles. The van der Waals surface area contributed by atoms with Crippen molar-refractivity contribution in [2.45, 2.75) is 39.0 Å². The van der Waals surface area contributed by atoms with Gasteiger partial charge in [-0.2, -0.15) is 0 Å². The van der Waals surface area contributed by atoms with Gasteiger partial charge in [-0.3, -0.25) is 24.1 Å². The number of imide groups is 1. The maximum absolute atomic E-state index is 12.4. The normalized spacial score (nSPS) is 20.9. The molecule has 1 aliphatic carbocycles. The van der Waals surface area contributed by atoms with Crippen molar-refractivity contribution in [3.05, 3.63) is 24.3 Å². The second-order valence-electron chi connectivity index (χ2n) is 7.24. The lowest BCUT2D eigenvalue weighted by atomic mass is 9.81. The van der Waals surface area contributed by atoms with Crippen molar-refractivity contribution in [2.75, 3.05) is 25.1 Å². The fourth-order valence-corrected chi connectivity index (χ4v) is 3.87. The Bertz CT molecular complexity index is 752. The first-order chi connectivity index (χ1) is 14.0. The highest BCUT2D eigenvalue weighted by Gasteiger charge is 2.47. The van der Waals surface area contributed by atoms with Gasteiger partial charge in [0.05, 0.1) is 24.9 Å². The summed E-state index contributed by atoms with van der Waals surface area (Å²) in [6, 6.07) is 6.84. The van der Waals surface area contributed by atoms with Gasteiger partial charge < -0.3 is 14.8 Å². The predicted molar refractivity (Wildman–Crippen MR) is 104 cm³/mol. The van der Waals surface area contributed by atoms with E-state index in [0.717, 1.165) is 25.7 Å². The number of benzene rings is 1. The minimum atomic E-state index is -0.623. The van der Waals surface area contributed by atoms with Crippen LogP contribution in [0.25, 0.3) is 0 Å². The van der Waals surface area contributed by atoms with E-state index >= 15 is 0 Å². The number of likely N-dealkylation sites (tertiary alicyclic amines) is 1. The first-order valence-corrected chi connectivity index (χ1v) is 10.0. The highest BCUT2D eigenvalue weighted by molar-refractivity contribution is 6.05. The second-order valence-corrected chi connectivity index (χ2v) is 7.24. The number of anilines is 1. The molecule has 3 amide bonds. The molecule has 1 aromatic carbocycles. The first-order valence-electron chi connectivity index (χ1n) is 10.0. The van der Waals surface area contributed by atoms with Gasteiger partial charge in [-0.25, -0.2) is 0 Å². The zero-order valence-electron chi connectivity index (χ0n) is 16.5. The molecule has 1 saturated carbocycles. The molecular formula is C21H26N2O6. The molecule has 8 nitrogen and oxygen atoms in total. The van der Waals surface area contributed by atoms with Crippen molar-refractivity contribution in [2.24, 2.45) is 11.8 Å². The number of hydrogen-bond donors (Lipinski definition) is 1. The summed E-state index contributed by atoms with van der Waals surface area (Å²) >= 11 is 0. The summed E-state index contributed by atoms with van der Waals surface area (Å²) in [7, 11) is 0. The van der Waals surface area contributed by atoms with Crippen LogP contribution in [0.5, 0.6) is 5.75 Å². The number of amides is 3. The van der Waals surface area contributed by atoms with Crippen LogP contribution in [-0.4, -0.2) is 48.3 Å². The zero-order chi connectivity index (χ0) is 20.8. The third-order valence-corrected chi connectivity index (χ3v) is 5.29. The second kappa shape index (κ2) is 9.54. The van der Waals surface area contributed by atoms with Crippen molar-refractivity contribution in [1.82, 2.24) is 4.90 Å². The van der Waals surface area contributed by atoms with Crippen LogP contribution in [0.2, 0.25) is 0 Å². The maximum Gasteiger partial charge on any atom is 0.308 e. The molecule has 1 aromatic rings. The van der Waals surface area contributed by atoms with Gasteiger partial charge in [0.25, 0.3) is 5.91 Å². The van der Waals surface area contributed by atoms with Crippen LogP contribution < -0.4 is 10.1 Å². The predicted octanol–water partition coefficient (Wildman–Crippen LogP) is 2.13. The fraction of sp³-hybridized carbons (Fsp3) is 0.524. The van der Waals surface area contributed by atoms with Gasteiger partial charge in [-0.15, -0.1) is 0 Å². The van der Waals surface area contributed by atoms with Crippen LogP contribution in [0.15, 0.2) is 24.3 Å². The van der Waals surface area contributed by atoms with E-state index in [-0.39, 0.29) is 36.6 Å².